The molecule has 0 aromatic carbocycles. The van der Waals surface area contributed by atoms with E-state index in [9.17, 15) is 19.5 Å². The van der Waals surface area contributed by atoms with Crippen LogP contribution in [0.1, 0.15) is 27.9 Å². The molecule has 0 unspecified atom stereocenters. The van der Waals surface area contributed by atoms with Crippen molar-refractivity contribution in [1.29, 1.82) is 0 Å². The highest BCUT2D eigenvalue weighted by Crippen LogP contribution is 2.27. The number of nitrogens with zero attached hydrogens (tertiary/aromatic N) is 2. The number of rotatable bonds is 5. The first-order valence-electron chi connectivity index (χ1n) is 7.33. The van der Waals surface area contributed by atoms with Gasteiger partial charge in [0.15, 0.2) is 5.78 Å². The Hall–Kier alpha value is -2.71. The van der Waals surface area contributed by atoms with Gasteiger partial charge in [0.05, 0.1) is 7.11 Å². The zero-order valence-electron chi connectivity index (χ0n) is 14.3. The summed E-state index contributed by atoms with van der Waals surface area (Å²) in [6, 6.07) is 4.77. The van der Waals surface area contributed by atoms with Gasteiger partial charge in [-0.25, -0.2) is 0 Å². The molecule has 0 atom stereocenters. The molecule has 2 aromatic heterocycles. The number of anilines is 1. The third kappa shape index (κ3) is 3.86. The fraction of sp³-hybridized carbons (Fsp3) is 0.235. The Morgan fingerprint density at radius 3 is 2.64 bits per heavy atom. The molecule has 1 N–H and O–H groups in total. The van der Waals surface area contributed by atoms with E-state index in [0.29, 0.717) is 15.6 Å². The lowest BCUT2D eigenvalue weighted by molar-refractivity contribution is -0.122. The predicted octanol–water partition coefficient (Wildman–Crippen LogP) is 2.27. The van der Waals surface area contributed by atoms with Crippen molar-refractivity contribution in [2.45, 2.75) is 13.8 Å². The van der Waals surface area contributed by atoms with Crippen molar-refractivity contribution in [1.82, 2.24) is 4.57 Å². The third-order valence-corrected chi connectivity index (χ3v) is 4.59. The standard InChI is InChI=1S/C17H18N2O5S/c1-10-9-14(22)16(17(23)18(10)3)13(21)7-5-12-6-8-15(25-12)19(24-4)11(2)20/h5-9,22H,1-4H3/b7-5+. The second-order valence-corrected chi connectivity index (χ2v) is 6.37. The van der Waals surface area contributed by atoms with Crippen molar-refractivity contribution in [2.75, 3.05) is 12.2 Å². The number of hydrogen-bond donors (Lipinski definition) is 1. The van der Waals surface area contributed by atoms with Gasteiger partial charge in [0.1, 0.15) is 16.3 Å². The van der Waals surface area contributed by atoms with Crippen LogP contribution in [0.2, 0.25) is 0 Å². The van der Waals surface area contributed by atoms with Crippen LogP contribution in [0.5, 0.6) is 5.75 Å². The minimum absolute atomic E-state index is 0.274. The number of aryl methyl sites for hydroxylation is 1. The highest BCUT2D eigenvalue weighted by atomic mass is 32.1. The maximum Gasteiger partial charge on any atom is 0.265 e. The number of thiophene rings is 1. The average molecular weight is 362 g/mol. The molecule has 0 fully saturated rings. The lowest BCUT2D eigenvalue weighted by atomic mass is 10.1. The summed E-state index contributed by atoms with van der Waals surface area (Å²) in [5.41, 5.74) is -0.278. The number of amides is 1. The highest BCUT2D eigenvalue weighted by molar-refractivity contribution is 7.17. The number of carbonyl (C=O) groups is 2. The molecule has 0 saturated heterocycles. The molecule has 0 aliphatic heterocycles. The van der Waals surface area contributed by atoms with E-state index in [1.807, 2.05) is 0 Å². The molecule has 7 nitrogen and oxygen atoms in total. The highest BCUT2D eigenvalue weighted by Gasteiger charge is 2.17. The second-order valence-electron chi connectivity index (χ2n) is 5.28. The summed E-state index contributed by atoms with van der Waals surface area (Å²) < 4.78 is 1.30. The summed E-state index contributed by atoms with van der Waals surface area (Å²) in [6.07, 6.45) is 2.73. The summed E-state index contributed by atoms with van der Waals surface area (Å²) in [5.74, 6) is -1.21. The van der Waals surface area contributed by atoms with Crippen molar-refractivity contribution in [3.05, 3.63) is 50.8 Å². The molecule has 25 heavy (non-hydrogen) atoms. The summed E-state index contributed by atoms with van der Waals surface area (Å²) in [4.78, 5) is 41.6. The van der Waals surface area contributed by atoms with Crippen LogP contribution >= 0.6 is 11.3 Å². The van der Waals surface area contributed by atoms with E-state index in [0.717, 1.165) is 5.06 Å². The molecular weight excluding hydrogens is 344 g/mol. The Morgan fingerprint density at radius 1 is 1.36 bits per heavy atom. The molecular formula is C17H18N2O5S. The monoisotopic (exact) mass is 362 g/mol. The number of allylic oxidation sites excluding steroid dienone is 1. The van der Waals surface area contributed by atoms with Crippen LogP contribution in [0.15, 0.2) is 29.1 Å². The summed E-state index contributed by atoms with van der Waals surface area (Å²) >= 11 is 1.24. The fourth-order valence-electron chi connectivity index (χ4n) is 2.19. The first-order valence-corrected chi connectivity index (χ1v) is 8.14. The molecule has 0 aliphatic rings. The van der Waals surface area contributed by atoms with Gasteiger partial charge in [0.25, 0.3) is 5.56 Å². The van der Waals surface area contributed by atoms with Crippen LogP contribution in [-0.4, -0.2) is 28.5 Å². The van der Waals surface area contributed by atoms with Crippen molar-refractivity contribution >= 4 is 34.1 Å². The Balaban J connectivity index is 2.28. The Morgan fingerprint density at radius 2 is 2.04 bits per heavy atom. The molecule has 2 heterocycles. The van der Waals surface area contributed by atoms with Crippen molar-refractivity contribution in [3.63, 3.8) is 0 Å². The maximum atomic E-state index is 12.3. The largest absolute Gasteiger partial charge is 0.507 e. The van der Waals surface area contributed by atoms with Gasteiger partial charge in [-0.05, 0) is 31.2 Å². The van der Waals surface area contributed by atoms with Gasteiger partial charge in [-0.3, -0.25) is 19.2 Å². The number of hydroxylamine groups is 1. The summed E-state index contributed by atoms with van der Waals surface area (Å²) in [6.45, 7) is 3.03. The summed E-state index contributed by atoms with van der Waals surface area (Å²) in [5, 5.41) is 11.6. The molecule has 2 rings (SSSR count). The van der Waals surface area contributed by atoms with Crippen LogP contribution in [0, 0.1) is 6.92 Å². The van der Waals surface area contributed by atoms with Gasteiger partial charge in [-0.2, -0.15) is 5.06 Å². The zero-order chi connectivity index (χ0) is 18.7. The van der Waals surface area contributed by atoms with E-state index in [1.165, 1.54) is 55.2 Å². The lowest BCUT2D eigenvalue weighted by Gasteiger charge is -2.14. The van der Waals surface area contributed by atoms with E-state index >= 15 is 0 Å². The fourth-order valence-corrected chi connectivity index (χ4v) is 3.13. The van der Waals surface area contributed by atoms with E-state index in [-0.39, 0.29) is 17.2 Å². The number of hydrogen-bond acceptors (Lipinski definition) is 6. The van der Waals surface area contributed by atoms with Crippen LogP contribution < -0.4 is 10.6 Å². The van der Waals surface area contributed by atoms with Crippen LogP contribution in [-0.2, 0) is 16.7 Å². The Kier molecular flexibility index (Phi) is 5.55. The predicted molar refractivity (Wildman–Crippen MR) is 95.9 cm³/mol. The number of pyridine rings is 1. The maximum absolute atomic E-state index is 12.3. The van der Waals surface area contributed by atoms with E-state index in [4.69, 9.17) is 4.84 Å². The third-order valence-electron chi connectivity index (χ3n) is 3.58. The van der Waals surface area contributed by atoms with E-state index in [1.54, 1.807) is 19.1 Å². The molecule has 132 valence electrons. The van der Waals surface area contributed by atoms with E-state index < -0.39 is 11.3 Å². The Labute approximate surface area is 148 Å². The molecule has 1 amide bonds. The lowest BCUT2D eigenvalue weighted by Crippen LogP contribution is -2.25. The smallest absolute Gasteiger partial charge is 0.265 e. The number of aromatic hydroxyl groups is 1. The molecule has 0 aliphatic carbocycles. The number of carbonyl (C=O) groups excluding carboxylic acids is 2. The minimum atomic E-state index is -0.594. The molecule has 2 aromatic rings. The van der Waals surface area contributed by atoms with Crippen molar-refractivity contribution in [2.24, 2.45) is 7.05 Å². The zero-order valence-corrected chi connectivity index (χ0v) is 15.1. The molecule has 8 heteroatoms. The molecule has 0 saturated carbocycles. The van der Waals surface area contributed by atoms with Crippen molar-refractivity contribution in [3.8, 4) is 5.75 Å². The Bertz CT molecular complexity index is 910. The van der Waals surface area contributed by atoms with Gasteiger partial charge in [0, 0.05) is 30.6 Å². The number of aromatic nitrogens is 1. The van der Waals surface area contributed by atoms with Crippen molar-refractivity contribution < 1.29 is 19.5 Å². The average Bonchev–Trinajstić information content (AvgIpc) is 2.99. The first kappa shape index (κ1) is 18.6. The second kappa shape index (κ2) is 7.45. The SMILES string of the molecule is CON(C(C)=O)c1ccc(/C=C/C(=O)c2c(O)cc(C)n(C)c2=O)s1. The molecule has 0 bridgehead atoms. The van der Waals surface area contributed by atoms with E-state index in [2.05, 4.69) is 0 Å². The van der Waals surface area contributed by atoms with Gasteiger partial charge in [-0.15, -0.1) is 11.3 Å². The van der Waals surface area contributed by atoms with Gasteiger partial charge in [-0.1, -0.05) is 0 Å². The topological polar surface area (TPSA) is 88.8 Å². The normalized spacial score (nSPS) is 11.0. The first-order chi connectivity index (χ1) is 11.8. The van der Waals surface area contributed by atoms with Gasteiger partial charge in [0.2, 0.25) is 5.91 Å². The molecule has 0 radical (unpaired) electrons. The quantitative estimate of drug-likeness (QED) is 0.501. The van der Waals surface area contributed by atoms with Crippen LogP contribution in [0.4, 0.5) is 5.00 Å². The van der Waals surface area contributed by atoms with Crippen LogP contribution in [0.3, 0.4) is 0 Å². The van der Waals surface area contributed by atoms with Gasteiger partial charge < -0.3 is 9.67 Å². The van der Waals surface area contributed by atoms with Crippen LogP contribution in [0.25, 0.3) is 6.08 Å². The minimum Gasteiger partial charge on any atom is -0.507 e. The van der Waals surface area contributed by atoms with Gasteiger partial charge >= 0.3 is 0 Å². The number of ketones is 1. The summed E-state index contributed by atoms with van der Waals surface area (Å²) in [7, 11) is 2.92. The molecule has 0 spiro atoms.